The van der Waals surface area contributed by atoms with Crippen LogP contribution in [0.1, 0.15) is 44.1 Å². The molecule has 3 heterocycles. The zero-order valence-corrected chi connectivity index (χ0v) is 16.4. The van der Waals surface area contributed by atoms with E-state index in [0.29, 0.717) is 30.3 Å². The number of fused-ring (bicyclic) bond motifs is 3. The molecule has 1 unspecified atom stereocenters. The van der Waals surface area contributed by atoms with E-state index in [1.807, 2.05) is 29.9 Å². The maximum Gasteiger partial charge on any atom is 0.310 e. The summed E-state index contributed by atoms with van der Waals surface area (Å²) in [5.41, 5.74) is 2.32. The molecule has 0 amide bonds. The van der Waals surface area contributed by atoms with Crippen LogP contribution < -0.4 is 4.74 Å². The fourth-order valence-electron chi connectivity index (χ4n) is 3.38. The van der Waals surface area contributed by atoms with Crippen LogP contribution in [-0.4, -0.2) is 42.0 Å². The Balaban J connectivity index is 1.80. The summed E-state index contributed by atoms with van der Waals surface area (Å²) in [4.78, 5) is 20.7. The first-order valence-electron chi connectivity index (χ1n) is 9.35. The molecule has 0 saturated heterocycles. The molecule has 0 spiro atoms. The lowest BCUT2D eigenvalue weighted by Crippen LogP contribution is -2.08. The Kier molecular flexibility index (Phi) is 4.41. The lowest BCUT2D eigenvalue weighted by Gasteiger charge is -2.11. The number of carbonyl (C=O) groups is 1. The summed E-state index contributed by atoms with van der Waals surface area (Å²) in [7, 11) is 0. The standard InChI is InChI=1S/C20H23N5O3/c1-11(2)25-19(21-13(4)23-25)16-10-24-7-8-28-17-9-14(12(3)20(26)27)5-6-15(17)18(24)22-16/h5-6,9-12H,7-8H2,1-4H3,(H,26,27). The van der Waals surface area contributed by atoms with Crippen LogP contribution in [-0.2, 0) is 11.3 Å². The quantitative estimate of drug-likeness (QED) is 0.745. The van der Waals surface area contributed by atoms with Crippen LogP contribution >= 0.6 is 0 Å². The lowest BCUT2D eigenvalue weighted by atomic mass is 9.99. The molecule has 0 saturated carbocycles. The van der Waals surface area contributed by atoms with Gasteiger partial charge in [-0.2, -0.15) is 5.10 Å². The number of nitrogens with zero attached hydrogens (tertiary/aromatic N) is 5. The molecule has 1 aliphatic heterocycles. The Bertz CT molecular complexity index is 1050. The van der Waals surface area contributed by atoms with Gasteiger partial charge in [-0.25, -0.2) is 14.6 Å². The predicted octanol–water partition coefficient (Wildman–Crippen LogP) is 3.28. The minimum atomic E-state index is -0.860. The maximum absolute atomic E-state index is 11.3. The van der Waals surface area contributed by atoms with Gasteiger partial charge in [-0.15, -0.1) is 0 Å². The third kappa shape index (κ3) is 3.04. The molecule has 0 bridgehead atoms. The largest absolute Gasteiger partial charge is 0.491 e. The van der Waals surface area contributed by atoms with Gasteiger partial charge in [-0.3, -0.25) is 4.79 Å². The number of hydrogen-bond acceptors (Lipinski definition) is 5. The highest BCUT2D eigenvalue weighted by Crippen LogP contribution is 2.36. The number of hydrogen-bond donors (Lipinski definition) is 1. The van der Waals surface area contributed by atoms with Gasteiger partial charge in [0.25, 0.3) is 0 Å². The normalized spacial score (nSPS) is 14.2. The Hall–Kier alpha value is -3.16. The minimum Gasteiger partial charge on any atom is -0.491 e. The number of aryl methyl sites for hydroxylation is 1. The van der Waals surface area contributed by atoms with Crippen LogP contribution in [0.3, 0.4) is 0 Å². The number of carboxylic acids is 1. The van der Waals surface area contributed by atoms with E-state index in [9.17, 15) is 9.90 Å². The number of aliphatic carboxylic acids is 1. The van der Waals surface area contributed by atoms with E-state index in [1.54, 1.807) is 13.0 Å². The molecule has 1 aromatic carbocycles. The smallest absolute Gasteiger partial charge is 0.310 e. The molecule has 3 aromatic rings. The zero-order valence-electron chi connectivity index (χ0n) is 16.4. The first-order valence-corrected chi connectivity index (χ1v) is 9.35. The molecule has 0 aliphatic carbocycles. The third-order valence-electron chi connectivity index (χ3n) is 4.94. The summed E-state index contributed by atoms with van der Waals surface area (Å²) < 4.78 is 9.82. The summed E-state index contributed by atoms with van der Waals surface area (Å²) in [6.45, 7) is 8.80. The maximum atomic E-state index is 11.3. The van der Waals surface area contributed by atoms with Gasteiger partial charge >= 0.3 is 5.97 Å². The number of aromatic nitrogens is 5. The van der Waals surface area contributed by atoms with Crippen LogP contribution in [0.25, 0.3) is 22.9 Å². The van der Waals surface area contributed by atoms with E-state index < -0.39 is 11.9 Å². The van der Waals surface area contributed by atoms with Crippen LogP contribution in [0, 0.1) is 6.92 Å². The molecule has 28 heavy (non-hydrogen) atoms. The lowest BCUT2D eigenvalue weighted by molar-refractivity contribution is -0.138. The summed E-state index contributed by atoms with van der Waals surface area (Å²) >= 11 is 0. The van der Waals surface area contributed by atoms with Gasteiger partial charge < -0.3 is 14.4 Å². The molecular formula is C20H23N5O3. The second kappa shape index (κ2) is 6.78. The molecule has 146 valence electrons. The number of ether oxygens (including phenoxy) is 1. The Labute approximate surface area is 162 Å². The highest BCUT2D eigenvalue weighted by Gasteiger charge is 2.24. The van der Waals surface area contributed by atoms with Crippen molar-refractivity contribution in [3.8, 4) is 28.7 Å². The number of benzene rings is 1. The molecule has 1 N–H and O–H groups in total. The molecule has 0 fully saturated rings. The van der Waals surface area contributed by atoms with Gasteiger partial charge in [-0.05, 0) is 45.4 Å². The number of carboxylic acid groups (broad SMARTS) is 1. The van der Waals surface area contributed by atoms with Crippen LogP contribution in [0.5, 0.6) is 5.75 Å². The minimum absolute atomic E-state index is 0.174. The summed E-state index contributed by atoms with van der Waals surface area (Å²) in [5, 5.41) is 13.8. The predicted molar refractivity (Wildman–Crippen MR) is 103 cm³/mol. The van der Waals surface area contributed by atoms with Crippen molar-refractivity contribution in [3.63, 3.8) is 0 Å². The van der Waals surface area contributed by atoms with E-state index in [-0.39, 0.29) is 6.04 Å². The summed E-state index contributed by atoms with van der Waals surface area (Å²) in [6.07, 6.45) is 1.98. The van der Waals surface area contributed by atoms with Gasteiger partial charge in [-0.1, -0.05) is 6.07 Å². The fourth-order valence-corrected chi connectivity index (χ4v) is 3.38. The van der Waals surface area contributed by atoms with E-state index in [0.717, 1.165) is 22.9 Å². The Morgan fingerprint density at radius 2 is 2.00 bits per heavy atom. The first-order chi connectivity index (χ1) is 13.3. The van der Waals surface area contributed by atoms with E-state index in [2.05, 4.69) is 28.5 Å². The topological polar surface area (TPSA) is 95.1 Å². The summed E-state index contributed by atoms with van der Waals surface area (Å²) in [6, 6.07) is 5.69. The van der Waals surface area contributed by atoms with Gasteiger partial charge in [0, 0.05) is 12.2 Å². The molecule has 2 aromatic heterocycles. The highest BCUT2D eigenvalue weighted by molar-refractivity contribution is 5.77. The van der Waals surface area contributed by atoms with Crippen LogP contribution in [0.15, 0.2) is 24.4 Å². The zero-order chi connectivity index (χ0) is 20.0. The van der Waals surface area contributed by atoms with Gasteiger partial charge in [0.2, 0.25) is 0 Å². The van der Waals surface area contributed by atoms with E-state index in [1.165, 1.54) is 0 Å². The van der Waals surface area contributed by atoms with Crippen LogP contribution in [0.2, 0.25) is 0 Å². The third-order valence-corrected chi connectivity index (χ3v) is 4.94. The number of imidazole rings is 1. The van der Waals surface area contributed by atoms with Crippen molar-refractivity contribution in [2.24, 2.45) is 0 Å². The van der Waals surface area contributed by atoms with Crippen molar-refractivity contribution in [3.05, 3.63) is 35.8 Å². The van der Waals surface area contributed by atoms with Gasteiger partial charge in [0.05, 0.1) is 18.0 Å². The van der Waals surface area contributed by atoms with Crippen molar-refractivity contribution in [1.82, 2.24) is 24.3 Å². The molecule has 8 heteroatoms. The highest BCUT2D eigenvalue weighted by atomic mass is 16.5. The second-order valence-corrected chi connectivity index (χ2v) is 7.33. The Morgan fingerprint density at radius 3 is 2.71 bits per heavy atom. The monoisotopic (exact) mass is 381 g/mol. The molecule has 4 rings (SSSR count). The number of rotatable bonds is 4. The molecular weight excluding hydrogens is 358 g/mol. The summed E-state index contributed by atoms with van der Waals surface area (Å²) in [5.74, 6) is 1.44. The SMILES string of the molecule is Cc1nc(-c2cn3c(n2)-c2ccc(C(C)C(=O)O)cc2OCC3)n(C(C)C)n1. The molecule has 1 atom stereocenters. The molecule has 1 aliphatic rings. The van der Waals surface area contributed by atoms with Crippen molar-refractivity contribution >= 4 is 5.97 Å². The van der Waals surface area contributed by atoms with Crippen LogP contribution in [0.4, 0.5) is 0 Å². The van der Waals surface area contributed by atoms with Gasteiger partial charge in [0.15, 0.2) is 5.82 Å². The van der Waals surface area contributed by atoms with Crippen molar-refractivity contribution in [2.75, 3.05) is 6.61 Å². The van der Waals surface area contributed by atoms with Gasteiger partial charge in [0.1, 0.15) is 29.7 Å². The second-order valence-electron chi connectivity index (χ2n) is 7.33. The van der Waals surface area contributed by atoms with E-state index in [4.69, 9.17) is 9.72 Å². The first kappa shape index (κ1) is 18.2. The molecule has 8 nitrogen and oxygen atoms in total. The Morgan fingerprint density at radius 1 is 1.21 bits per heavy atom. The van der Waals surface area contributed by atoms with Crippen molar-refractivity contribution in [1.29, 1.82) is 0 Å². The fraction of sp³-hybridized carbons (Fsp3) is 0.400. The molecule has 0 radical (unpaired) electrons. The van der Waals surface area contributed by atoms with Crippen molar-refractivity contribution in [2.45, 2.75) is 46.2 Å². The van der Waals surface area contributed by atoms with Crippen molar-refractivity contribution < 1.29 is 14.6 Å². The average molecular weight is 381 g/mol. The van der Waals surface area contributed by atoms with E-state index >= 15 is 0 Å². The average Bonchev–Trinajstić information content (AvgIpc) is 3.20.